The minimum Gasteiger partial charge on any atom is -0.454 e. The van der Waals surface area contributed by atoms with Gasteiger partial charge < -0.3 is 14.8 Å². The Labute approximate surface area is 154 Å². The van der Waals surface area contributed by atoms with Crippen molar-refractivity contribution in [2.45, 2.75) is 4.90 Å². The molecule has 0 saturated carbocycles. The van der Waals surface area contributed by atoms with Gasteiger partial charge in [0, 0.05) is 27.1 Å². The lowest BCUT2D eigenvalue weighted by Gasteiger charge is -2.09. The number of anilines is 1. The van der Waals surface area contributed by atoms with Crippen LogP contribution in [0.2, 0.25) is 5.02 Å². The number of benzene rings is 3. The molecule has 0 spiro atoms. The van der Waals surface area contributed by atoms with E-state index >= 15 is 0 Å². The zero-order valence-electron chi connectivity index (χ0n) is 13.1. The average molecular weight is 372 g/mol. The first-order valence-electron chi connectivity index (χ1n) is 7.70. The van der Waals surface area contributed by atoms with Crippen LogP contribution in [-0.2, 0) is 4.79 Å². The summed E-state index contributed by atoms with van der Waals surface area (Å²) in [5, 5.41) is 5.61. The molecule has 0 aliphatic carbocycles. The summed E-state index contributed by atoms with van der Waals surface area (Å²) < 4.78 is 10.6. The third-order valence-electron chi connectivity index (χ3n) is 3.83. The molecule has 1 heterocycles. The number of rotatable bonds is 4. The normalized spacial score (nSPS) is 12.4. The summed E-state index contributed by atoms with van der Waals surface area (Å²) in [4.78, 5) is 13.3. The van der Waals surface area contributed by atoms with E-state index in [0.717, 1.165) is 15.7 Å². The lowest BCUT2D eigenvalue weighted by molar-refractivity contribution is -0.113. The van der Waals surface area contributed by atoms with Gasteiger partial charge in [-0.15, -0.1) is 11.8 Å². The summed E-state index contributed by atoms with van der Waals surface area (Å²) in [6, 6.07) is 17.1. The predicted octanol–water partition coefficient (Wildman–Crippen LogP) is 4.95. The highest BCUT2D eigenvalue weighted by molar-refractivity contribution is 8.00. The minimum atomic E-state index is -0.0899. The predicted molar refractivity (Wildman–Crippen MR) is 101 cm³/mol. The van der Waals surface area contributed by atoms with Gasteiger partial charge in [0.1, 0.15) is 0 Å². The highest BCUT2D eigenvalue weighted by Crippen LogP contribution is 2.35. The van der Waals surface area contributed by atoms with E-state index in [1.54, 1.807) is 18.2 Å². The minimum absolute atomic E-state index is 0.0899. The van der Waals surface area contributed by atoms with Gasteiger partial charge in [-0.1, -0.05) is 35.9 Å². The quantitative estimate of drug-likeness (QED) is 0.659. The van der Waals surface area contributed by atoms with Crippen molar-refractivity contribution in [3.05, 3.63) is 59.6 Å². The first kappa shape index (κ1) is 16.1. The number of hydrogen-bond acceptors (Lipinski definition) is 4. The second-order valence-electron chi connectivity index (χ2n) is 5.50. The molecule has 3 aromatic carbocycles. The number of fused-ring (bicyclic) bond motifs is 2. The van der Waals surface area contributed by atoms with Crippen LogP contribution in [0.1, 0.15) is 0 Å². The van der Waals surface area contributed by atoms with Crippen LogP contribution in [0.3, 0.4) is 0 Å². The van der Waals surface area contributed by atoms with Crippen LogP contribution in [0.5, 0.6) is 11.5 Å². The average Bonchev–Trinajstić information content (AvgIpc) is 3.08. The Morgan fingerprint density at radius 2 is 1.88 bits per heavy atom. The van der Waals surface area contributed by atoms with Crippen molar-refractivity contribution < 1.29 is 14.3 Å². The SMILES string of the molecule is O=C(CSc1cccc2cccc(Cl)c12)Nc1ccc2c(c1)OCO2. The summed E-state index contributed by atoms with van der Waals surface area (Å²) in [5.41, 5.74) is 0.686. The van der Waals surface area contributed by atoms with Crippen molar-refractivity contribution in [2.24, 2.45) is 0 Å². The molecule has 0 saturated heterocycles. The molecule has 4 nitrogen and oxygen atoms in total. The van der Waals surface area contributed by atoms with Gasteiger partial charge in [0.2, 0.25) is 12.7 Å². The van der Waals surface area contributed by atoms with Crippen molar-refractivity contribution in [3.63, 3.8) is 0 Å². The lowest BCUT2D eigenvalue weighted by atomic mass is 10.1. The van der Waals surface area contributed by atoms with Crippen LogP contribution in [0.4, 0.5) is 5.69 Å². The maximum atomic E-state index is 12.3. The standard InChI is InChI=1S/C19H14ClNO3S/c20-14-5-1-3-12-4-2-6-17(19(12)14)25-10-18(22)21-13-7-8-15-16(9-13)24-11-23-15/h1-9H,10-11H2,(H,21,22). The number of carbonyl (C=O) groups excluding carboxylic acids is 1. The van der Waals surface area contributed by atoms with Crippen LogP contribution in [0.25, 0.3) is 10.8 Å². The maximum Gasteiger partial charge on any atom is 0.234 e. The third-order valence-corrected chi connectivity index (χ3v) is 5.20. The van der Waals surface area contributed by atoms with E-state index in [2.05, 4.69) is 5.32 Å². The van der Waals surface area contributed by atoms with Crippen LogP contribution >= 0.6 is 23.4 Å². The van der Waals surface area contributed by atoms with E-state index in [-0.39, 0.29) is 12.7 Å². The molecule has 0 fully saturated rings. The van der Waals surface area contributed by atoms with Crippen molar-refractivity contribution in [1.82, 2.24) is 0 Å². The monoisotopic (exact) mass is 371 g/mol. The summed E-state index contributed by atoms with van der Waals surface area (Å²) in [6.45, 7) is 0.213. The number of thioether (sulfide) groups is 1. The first-order valence-corrected chi connectivity index (χ1v) is 9.06. The zero-order chi connectivity index (χ0) is 17.2. The molecule has 1 aliphatic rings. The molecule has 4 rings (SSSR count). The smallest absolute Gasteiger partial charge is 0.234 e. The second-order valence-corrected chi connectivity index (χ2v) is 6.92. The van der Waals surface area contributed by atoms with Gasteiger partial charge in [0.15, 0.2) is 11.5 Å². The number of halogens is 1. The number of nitrogens with one attached hydrogen (secondary N) is 1. The summed E-state index contributed by atoms with van der Waals surface area (Å²) in [5.74, 6) is 1.54. The Morgan fingerprint density at radius 1 is 1.08 bits per heavy atom. The molecule has 0 unspecified atom stereocenters. The molecule has 0 atom stereocenters. The molecule has 126 valence electrons. The molecule has 0 aromatic heterocycles. The Morgan fingerprint density at radius 3 is 2.76 bits per heavy atom. The van der Waals surface area contributed by atoms with E-state index in [1.165, 1.54) is 11.8 Å². The molecular formula is C19H14ClNO3S. The van der Waals surface area contributed by atoms with Crippen LogP contribution in [-0.4, -0.2) is 18.5 Å². The van der Waals surface area contributed by atoms with Gasteiger partial charge in [-0.25, -0.2) is 0 Å². The van der Waals surface area contributed by atoms with Gasteiger partial charge in [0.05, 0.1) is 5.75 Å². The fourth-order valence-electron chi connectivity index (χ4n) is 2.70. The van der Waals surface area contributed by atoms with Crippen molar-refractivity contribution in [1.29, 1.82) is 0 Å². The highest BCUT2D eigenvalue weighted by atomic mass is 35.5. The Kier molecular flexibility index (Phi) is 4.42. The van der Waals surface area contributed by atoms with E-state index in [1.807, 2.05) is 36.4 Å². The Balaban J connectivity index is 1.46. The molecular weight excluding hydrogens is 358 g/mol. The zero-order valence-corrected chi connectivity index (χ0v) is 14.7. The maximum absolute atomic E-state index is 12.3. The summed E-state index contributed by atoms with van der Waals surface area (Å²) >= 11 is 7.79. The molecule has 0 radical (unpaired) electrons. The highest BCUT2D eigenvalue weighted by Gasteiger charge is 2.14. The molecule has 1 N–H and O–H groups in total. The fraction of sp³-hybridized carbons (Fsp3) is 0.105. The largest absolute Gasteiger partial charge is 0.454 e. The Bertz CT molecular complexity index is 955. The molecule has 3 aromatic rings. The van der Waals surface area contributed by atoms with E-state index in [0.29, 0.717) is 28.0 Å². The van der Waals surface area contributed by atoms with Crippen molar-refractivity contribution >= 4 is 45.7 Å². The van der Waals surface area contributed by atoms with E-state index < -0.39 is 0 Å². The number of hydrogen-bond donors (Lipinski definition) is 1. The number of amides is 1. The lowest BCUT2D eigenvalue weighted by Crippen LogP contribution is -2.13. The van der Waals surface area contributed by atoms with Gasteiger partial charge in [0.25, 0.3) is 0 Å². The van der Waals surface area contributed by atoms with Gasteiger partial charge in [-0.3, -0.25) is 4.79 Å². The van der Waals surface area contributed by atoms with Crippen LogP contribution in [0.15, 0.2) is 59.5 Å². The van der Waals surface area contributed by atoms with E-state index in [4.69, 9.17) is 21.1 Å². The van der Waals surface area contributed by atoms with Gasteiger partial charge >= 0.3 is 0 Å². The van der Waals surface area contributed by atoms with Gasteiger partial charge in [-0.2, -0.15) is 0 Å². The van der Waals surface area contributed by atoms with Crippen LogP contribution in [0, 0.1) is 0 Å². The number of carbonyl (C=O) groups is 1. The van der Waals surface area contributed by atoms with Gasteiger partial charge in [-0.05, 0) is 29.7 Å². The third kappa shape index (κ3) is 3.38. The van der Waals surface area contributed by atoms with E-state index in [9.17, 15) is 4.79 Å². The molecule has 6 heteroatoms. The fourth-order valence-corrected chi connectivity index (χ4v) is 3.94. The Hall–Kier alpha value is -2.37. The first-order chi connectivity index (χ1) is 12.2. The van der Waals surface area contributed by atoms with Crippen molar-refractivity contribution in [2.75, 3.05) is 17.9 Å². The van der Waals surface area contributed by atoms with Crippen molar-refractivity contribution in [3.8, 4) is 11.5 Å². The topological polar surface area (TPSA) is 47.6 Å². The molecule has 1 aliphatic heterocycles. The second kappa shape index (κ2) is 6.86. The summed E-state index contributed by atoms with van der Waals surface area (Å²) in [6.07, 6.45) is 0. The molecule has 0 bridgehead atoms. The van der Waals surface area contributed by atoms with Crippen LogP contribution < -0.4 is 14.8 Å². The number of ether oxygens (including phenoxy) is 2. The molecule has 25 heavy (non-hydrogen) atoms. The molecule has 1 amide bonds. The summed E-state index contributed by atoms with van der Waals surface area (Å²) in [7, 11) is 0.